The highest BCUT2D eigenvalue weighted by molar-refractivity contribution is 5.94. The first-order valence-electron chi connectivity index (χ1n) is 7.39. The van der Waals surface area contributed by atoms with E-state index in [-0.39, 0.29) is 5.91 Å². The van der Waals surface area contributed by atoms with Crippen molar-refractivity contribution in [3.05, 3.63) is 42.0 Å². The lowest BCUT2D eigenvalue weighted by molar-refractivity contribution is -0.128. The molecule has 1 aliphatic rings. The van der Waals surface area contributed by atoms with E-state index in [4.69, 9.17) is 4.74 Å². The van der Waals surface area contributed by atoms with Crippen LogP contribution in [0.2, 0.25) is 0 Å². The van der Waals surface area contributed by atoms with Crippen molar-refractivity contribution < 1.29 is 9.53 Å². The maximum atomic E-state index is 12.1. The molecule has 0 spiro atoms. The predicted octanol–water partition coefficient (Wildman–Crippen LogP) is 1.42. The van der Waals surface area contributed by atoms with Crippen molar-refractivity contribution in [2.45, 2.75) is 20.0 Å². The van der Waals surface area contributed by atoms with Crippen LogP contribution < -0.4 is 10.6 Å². The molecule has 1 amide bonds. The number of aromatic nitrogens is 2. The van der Waals surface area contributed by atoms with Gasteiger partial charge < -0.3 is 19.9 Å². The summed E-state index contributed by atoms with van der Waals surface area (Å²) in [5, 5.41) is 6.03. The maximum absolute atomic E-state index is 12.1. The molecule has 2 N–H and O–H groups in total. The first-order chi connectivity index (χ1) is 10.6. The number of ether oxygens (including phenoxy) is 1. The molecule has 1 aromatic carbocycles. The number of carbonyl (C=O) groups is 1. The lowest BCUT2D eigenvalue weighted by Gasteiger charge is -2.22. The Morgan fingerprint density at radius 1 is 1.36 bits per heavy atom. The van der Waals surface area contributed by atoms with E-state index in [2.05, 4.69) is 15.6 Å². The fourth-order valence-electron chi connectivity index (χ4n) is 2.42. The average molecular weight is 300 g/mol. The van der Waals surface area contributed by atoms with E-state index in [1.807, 2.05) is 42.7 Å². The molecule has 0 saturated carbocycles. The van der Waals surface area contributed by atoms with E-state index < -0.39 is 6.10 Å². The van der Waals surface area contributed by atoms with Gasteiger partial charge in [-0.25, -0.2) is 4.98 Å². The number of imidazole rings is 1. The molecule has 2 heterocycles. The van der Waals surface area contributed by atoms with Crippen LogP contribution in [0.25, 0.3) is 5.69 Å². The van der Waals surface area contributed by atoms with Gasteiger partial charge in [-0.3, -0.25) is 4.79 Å². The Balaban J connectivity index is 1.69. The molecule has 0 radical (unpaired) electrons. The Hall–Kier alpha value is -2.18. The fraction of sp³-hybridized carbons (Fsp3) is 0.375. The van der Waals surface area contributed by atoms with Gasteiger partial charge in [-0.15, -0.1) is 0 Å². The molecule has 0 bridgehead atoms. The van der Waals surface area contributed by atoms with Crippen LogP contribution in [0.1, 0.15) is 11.4 Å². The summed E-state index contributed by atoms with van der Waals surface area (Å²) in [6.07, 6.45) is 1.38. The molecule has 1 atom stereocenters. The molecule has 1 fully saturated rings. The lowest BCUT2D eigenvalue weighted by Crippen LogP contribution is -2.45. The second-order valence-corrected chi connectivity index (χ2v) is 5.39. The van der Waals surface area contributed by atoms with Crippen LogP contribution in [0.3, 0.4) is 0 Å². The van der Waals surface area contributed by atoms with E-state index >= 15 is 0 Å². The van der Waals surface area contributed by atoms with Gasteiger partial charge >= 0.3 is 0 Å². The standard InChI is InChI=1S/C16H20N4O2/c1-11-12(2)20(10-18-11)14-5-3-13(4-6-14)19-16(21)15-9-17-7-8-22-15/h3-6,10,15,17H,7-9H2,1-2H3,(H,19,21). The van der Waals surface area contributed by atoms with E-state index in [1.54, 1.807) is 6.33 Å². The molecule has 116 valence electrons. The third-order valence-corrected chi connectivity index (χ3v) is 3.88. The minimum atomic E-state index is -0.424. The van der Waals surface area contributed by atoms with Crippen LogP contribution in [-0.4, -0.2) is 41.3 Å². The van der Waals surface area contributed by atoms with Gasteiger partial charge in [0.25, 0.3) is 5.91 Å². The molecule has 22 heavy (non-hydrogen) atoms. The number of benzene rings is 1. The lowest BCUT2D eigenvalue weighted by atomic mass is 10.2. The van der Waals surface area contributed by atoms with Crippen LogP contribution in [0.5, 0.6) is 0 Å². The van der Waals surface area contributed by atoms with Crippen molar-refractivity contribution in [3.63, 3.8) is 0 Å². The summed E-state index contributed by atoms with van der Waals surface area (Å²) in [6, 6.07) is 7.70. The number of rotatable bonds is 3. The van der Waals surface area contributed by atoms with Crippen molar-refractivity contribution >= 4 is 11.6 Å². The molecule has 0 aliphatic carbocycles. The third-order valence-electron chi connectivity index (χ3n) is 3.88. The Kier molecular flexibility index (Phi) is 4.22. The van der Waals surface area contributed by atoms with E-state index in [0.29, 0.717) is 13.2 Å². The number of nitrogens with zero attached hydrogens (tertiary/aromatic N) is 2. The first kappa shape index (κ1) is 14.7. The van der Waals surface area contributed by atoms with Gasteiger partial charge in [0.05, 0.1) is 18.6 Å². The zero-order valence-corrected chi connectivity index (χ0v) is 12.8. The van der Waals surface area contributed by atoms with Crippen molar-refractivity contribution in [2.75, 3.05) is 25.0 Å². The van der Waals surface area contributed by atoms with Gasteiger partial charge in [0.1, 0.15) is 6.10 Å². The van der Waals surface area contributed by atoms with Crippen LogP contribution >= 0.6 is 0 Å². The number of nitrogens with one attached hydrogen (secondary N) is 2. The number of carbonyl (C=O) groups excluding carboxylic acids is 1. The summed E-state index contributed by atoms with van der Waals surface area (Å²) in [5.41, 5.74) is 3.90. The zero-order valence-electron chi connectivity index (χ0n) is 12.8. The van der Waals surface area contributed by atoms with E-state index in [1.165, 1.54) is 0 Å². The monoisotopic (exact) mass is 300 g/mol. The molecular formula is C16H20N4O2. The number of hydrogen-bond acceptors (Lipinski definition) is 4. The topological polar surface area (TPSA) is 68.2 Å². The number of hydrogen-bond donors (Lipinski definition) is 2. The number of anilines is 1. The minimum Gasteiger partial charge on any atom is -0.366 e. The Morgan fingerprint density at radius 3 is 2.73 bits per heavy atom. The molecular weight excluding hydrogens is 280 g/mol. The number of amides is 1. The fourth-order valence-corrected chi connectivity index (χ4v) is 2.42. The third kappa shape index (κ3) is 3.03. The van der Waals surface area contributed by atoms with Gasteiger partial charge in [-0.1, -0.05) is 0 Å². The molecule has 1 aliphatic heterocycles. The molecule has 1 unspecified atom stereocenters. The Bertz CT molecular complexity index is 657. The van der Waals surface area contributed by atoms with E-state index in [0.717, 1.165) is 29.3 Å². The maximum Gasteiger partial charge on any atom is 0.254 e. The quantitative estimate of drug-likeness (QED) is 0.899. The Labute approximate surface area is 129 Å². The second kappa shape index (κ2) is 6.29. The predicted molar refractivity (Wildman–Crippen MR) is 84.3 cm³/mol. The molecule has 3 rings (SSSR count). The SMILES string of the molecule is Cc1ncn(-c2ccc(NC(=O)C3CNCCO3)cc2)c1C. The number of morpholine rings is 1. The summed E-state index contributed by atoms with van der Waals surface area (Å²) >= 11 is 0. The minimum absolute atomic E-state index is 0.116. The molecule has 1 saturated heterocycles. The van der Waals surface area contributed by atoms with Crippen molar-refractivity contribution in [1.29, 1.82) is 0 Å². The summed E-state index contributed by atoms with van der Waals surface area (Å²) < 4.78 is 7.46. The van der Waals surface area contributed by atoms with Crippen molar-refractivity contribution in [1.82, 2.24) is 14.9 Å². The molecule has 6 nitrogen and oxygen atoms in total. The van der Waals surface area contributed by atoms with Crippen LogP contribution in [-0.2, 0) is 9.53 Å². The van der Waals surface area contributed by atoms with Gasteiger partial charge in [0.2, 0.25) is 0 Å². The van der Waals surface area contributed by atoms with Crippen LogP contribution in [0.4, 0.5) is 5.69 Å². The zero-order chi connectivity index (χ0) is 15.5. The molecule has 6 heteroatoms. The van der Waals surface area contributed by atoms with Crippen molar-refractivity contribution in [2.24, 2.45) is 0 Å². The summed E-state index contributed by atoms with van der Waals surface area (Å²) in [6.45, 7) is 5.93. The van der Waals surface area contributed by atoms with Gasteiger partial charge in [-0.2, -0.15) is 0 Å². The van der Waals surface area contributed by atoms with Gasteiger partial charge in [0.15, 0.2) is 0 Å². The number of aryl methyl sites for hydroxylation is 1. The second-order valence-electron chi connectivity index (χ2n) is 5.39. The van der Waals surface area contributed by atoms with Crippen LogP contribution in [0.15, 0.2) is 30.6 Å². The van der Waals surface area contributed by atoms with Crippen LogP contribution in [0, 0.1) is 13.8 Å². The highest BCUT2D eigenvalue weighted by atomic mass is 16.5. The first-order valence-corrected chi connectivity index (χ1v) is 7.39. The van der Waals surface area contributed by atoms with E-state index in [9.17, 15) is 4.79 Å². The highest BCUT2D eigenvalue weighted by Gasteiger charge is 2.21. The largest absolute Gasteiger partial charge is 0.366 e. The summed E-state index contributed by atoms with van der Waals surface area (Å²) in [7, 11) is 0. The average Bonchev–Trinajstić information content (AvgIpc) is 2.89. The van der Waals surface area contributed by atoms with Gasteiger partial charge in [0, 0.05) is 30.2 Å². The summed E-state index contributed by atoms with van der Waals surface area (Å²) in [5.74, 6) is -0.116. The van der Waals surface area contributed by atoms with Crippen molar-refractivity contribution in [3.8, 4) is 5.69 Å². The van der Waals surface area contributed by atoms with Gasteiger partial charge in [-0.05, 0) is 38.1 Å². The molecule has 1 aromatic heterocycles. The molecule has 2 aromatic rings. The summed E-state index contributed by atoms with van der Waals surface area (Å²) in [4.78, 5) is 16.4. The smallest absolute Gasteiger partial charge is 0.254 e. The Morgan fingerprint density at radius 2 is 2.14 bits per heavy atom. The highest BCUT2D eigenvalue weighted by Crippen LogP contribution is 2.17. The normalized spacial score (nSPS) is 18.2.